The van der Waals surface area contributed by atoms with E-state index in [9.17, 15) is 13.6 Å². The smallest absolute Gasteiger partial charge is 0.267 e. The van der Waals surface area contributed by atoms with E-state index in [1.165, 1.54) is 12.1 Å². The van der Waals surface area contributed by atoms with E-state index in [2.05, 4.69) is 15.6 Å². The molecule has 112 valence electrons. The van der Waals surface area contributed by atoms with Crippen LogP contribution in [0.15, 0.2) is 12.1 Å². The normalized spacial score (nSPS) is 18.3. The zero-order chi connectivity index (χ0) is 15.0. The van der Waals surface area contributed by atoms with Gasteiger partial charge in [0.05, 0.1) is 10.5 Å². The van der Waals surface area contributed by atoms with E-state index in [0.717, 1.165) is 19.5 Å². The summed E-state index contributed by atoms with van der Waals surface area (Å²) in [6, 6.07) is 2.76. The SMILES string of the molecule is O=C(NC[C@@H]1CCNC1)c1cc2cc(Cl)c(F)c(F)c2[nH]1. The van der Waals surface area contributed by atoms with Gasteiger partial charge in [-0.2, -0.15) is 0 Å². The molecule has 4 nitrogen and oxygen atoms in total. The van der Waals surface area contributed by atoms with Crippen molar-refractivity contribution >= 4 is 28.4 Å². The van der Waals surface area contributed by atoms with Crippen LogP contribution in [0.5, 0.6) is 0 Å². The molecule has 1 aromatic heterocycles. The third-order valence-corrected chi connectivity index (χ3v) is 3.99. The number of hydrogen-bond acceptors (Lipinski definition) is 2. The zero-order valence-electron chi connectivity index (χ0n) is 11.1. The Balaban J connectivity index is 1.80. The Kier molecular flexibility index (Phi) is 3.82. The Morgan fingerprint density at radius 3 is 2.90 bits per heavy atom. The first-order valence-electron chi connectivity index (χ1n) is 6.71. The van der Waals surface area contributed by atoms with Crippen molar-refractivity contribution in [2.45, 2.75) is 6.42 Å². The van der Waals surface area contributed by atoms with E-state index >= 15 is 0 Å². The Labute approximate surface area is 124 Å². The molecule has 1 atom stereocenters. The van der Waals surface area contributed by atoms with Crippen LogP contribution in [0.2, 0.25) is 5.02 Å². The lowest BCUT2D eigenvalue weighted by molar-refractivity contribution is 0.0944. The van der Waals surface area contributed by atoms with Gasteiger partial charge in [-0.1, -0.05) is 11.6 Å². The van der Waals surface area contributed by atoms with Crippen LogP contribution in [0, 0.1) is 17.6 Å². The van der Waals surface area contributed by atoms with Crippen LogP contribution in [0.1, 0.15) is 16.9 Å². The summed E-state index contributed by atoms with van der Waals surface area (Å²) in [7, 11) is 0. The zero-order valence-corrected chi connectivity index (χ0v) is 11.9. The van der Waals surface area contributed by atoms with E-state index in [1.807, 2.05) is 0 Å². The van der Waals surface area contributed by atoms with Crippen molar-refractivity contribution in [3.63, 3.8) is 0 Å². The topological polar surface area (TPSA) is 56.9 Å². The molecule has 2 aromatic rings. The lowest BCUT2D eigenvalue weighted by Gasteiger charge is -2.08. The molecule has 3 rings (SSSR count). The number of halogens is 3. The van der Waals surface area contributed by atoms with Gasteiger partial charge >= 0.3 is 0 Å². The Hall–Kier alpha value is -1.66. The molecule has 1 aromatic carbocycles. The first-order valence-corrected chi connectivity index (χ1v) is 7.09. The number of aromatic nitrogens is 1. The summed E-state index contributed by atoms with van der Waals surface area (Å²) in [6.07, 6.45) is 1.02. The molecule has 21 heavy (non-hydrogen) atoms. The number of aromatic amines is 1. The number of H-pyrrole nitrogens is 1. The average Bonchev–Trinajstić information content (AvgIpc) is 3.11. The van der Waals surface area contributed by atoms with Crippen molar-refractivity contribution in [2.75, 3.05) is 19.6 Å². The van der Waals surface area contributed by atoms with Gasteiger partial charge < -0.3 is 15.6 Å². The van der Waals surface area contributed by atoms with Gasteiger partial charge in [-0.3, -0.25) is 4.79 Å². The van der Waals surface area contributed by atoms with Crippen molar-refractivity contribution in [3.05, 3.63) is 34.5 Å². The van der Waals surface area contributed by atoms with Gasteiger partial charge in [0.25, 0.3) is 5.91 Å². The van der Waals surface area contributed by atoms with E-state index < -0.39 is 11.6 Å². The highest BCUT2D eigenvalue weighted by Crippen LogP contribution is 2.27. The first-order chi connectivity index (χ1) is 10.1. The predicted molar refractivity (Wildman–Crippen MR) is 76.5 cm³/mol. The van der Waals surface area contributed by atoms with E-state index in [-0.39, 0.29) is 22.1 Å². The minimum Gasteiger partial charge on any atom is -0.350 e. The average molecular weight is 314 g/mol. The van der Waals surface area contributed by atoms with Crippen molar-refractivity contribution in [1.29, 1.82) is 0 Å². The second-order valence-electron chi connectivity index (χ2n) is 5.20. The van der Waals surface area contributed by atoms with Gasteiger partial charge in [0.2, 0.25) is 0 Å². The molecule has 1 aliphatic rings. The number of amides is 1. The molecule has 0 unspecified atom stereocenters. The summed E-state index contributed by atoms with van der Waals surface area (Å²) >= 11 is 5.59. The molecule has 1 saturated heterocycles. The predicted octanol–water partition coefficient (Wildman–Crippen LogP) is 2.44. The van der Waals surface area contributed by atoms with Crippen molar-refractivity contribution in [3.8, 4) is 0 Å². The van der Waals surface area contributed by atoms with E-state index in [4.69, 9.17) is 11.6 Å². The van der Waals surface area contributed by atoms with Crippen LogP contribution in [0.25, 0.3) is 10.9 Å². The number of carbonyl (C=O) groups excluding carboxylic acids is 1. The maximum absolute atomic E-state index is 13.7. The number of hydrogen-bond donors (Lipinski definition) is 3. The molecule has 0 bridgehead atoms. The molecule has 0 aliphatic carbocycles. The first kappa shape index (κ1) is 14.3. The van der Waals surface area contributed by atoms with Crippen LogP contribution in [-0.4, -0.2) is 30.5 Å². The molecular formula is C14H14ClF2N3O. The summed E-state index contributed by atoms with van der Waals surface area (Å²) in [4.78, 5) is 14.6. The van der Waals surface area contributed by atoms with Gasteiger partial charge in [0, 0.05) is 11.9 Å². The van der Waals surface area contributed by atoms with Crippen molar-refractivity contribution < 1.29 is 13.6 Å². The van der Waals surface area contributed by atoms with Gasteiger partial charge in [-0.15, -0.1) is 0 Å². The maximum atomic E-state index is 13.7. The van der Waals surface area contributed by atoms with Crippen LogP contribution in [0.3, 0.4) is 0 Å². The number of benzene rings is 1. The standard InChI is InChI=1S/C14H14ClF2N3O/c15-9-3-8-4-10(20-13(8)12(17)11(9)16)14(21)19-6-7-1-2-18-5-7/h3-4,7,18,20H,1-2,5-6H2,(H,19,21)/t7-/m1/s1. The van der Waals surface area contributed by atoms with Gasteiger partial charge in [0.15, 0.2) is 11.6 Å². The molecule has 3 N–H and O–H groups in total. The summed E-state index contributed by atoms with van der Waals surface area (Å²) in [5, 5.41) is 6.07. The second kappa shape index (κ2) is 5.61. The van der Waals surface area contributed by atoms with Crippen LogP contribution >= 0.6 is 11.6 Å². The molecule has 0 saturated carbocycles. The highest BCUT2D eigenvalue weighted by Gasteiger charge is 2.19. The van der Waals surface area contributed by atoms with Crippen LogP contribution in [0.4, 0.5) is 8.78 Å². The fourth-order valence-electron chi connectivity index (χ4n) is 2.52. The molecule has 2 heterocycles. The largest absolute Gasteiger partial charge is 0.350 e. The molecule has 0 radical (unpaired) electrons. The minimum absolute atomic E-state index is 0.0513. The number of rotatable bonds is 3. The molecule has 7 heteroatoms. The fourth-order valence-corrected chi connectivity index (χ4v) is 2.72. The van der Waals surface area contributed by atoms with Crippen molar-refractivity contribution in [1.82, 2.24) is 15.6 Å². The summed E-state index contributed by atoms with van der Waals surface area (Å²) in [6.45, 7) is 2.39. The molecule has 1 amide bonds. The quantitative estimate of drug-likeness (QED) is 0.762. The van der Waals surface area contributed by atoms with Crippen LogP contribution < -0.4 is 10.6 Å². The lowest BCUT2D eigenvalue weighted by Crippen LogP contribution is -2.30. The minimum atomic E-state index is -1.12. The number of carbonyl (C=O) groups is 1. The summed E-state index contributed by atoms with van der Waals surface area (Å²) in [5.74, 6) is -2.12. The Bertz CT molecular complexity index is 695. The van der Waals surface area contributed by atoms with Gasteiger partial charge in [-0.05, 0) is 37.6 Å². The third-order valence-electron chi connectivity index (χ3n) is 3.71. The molecular weight excluding hydrogens is 300 g/mol. The Morgan fingerprint density at radius 2 is 2.19 bits per heavy atom. The monoisotopic (exact) mass is 313 g/mol. The third kappa shape index (κ3) is 2.73. The molecule has 1 fully saturated rings. The molecule has 0 spiro atoms. The summed E-state index contributed by atoms with van der Waals surface area (Å²) < 4.78 is 27.1. The van der Waals surface area contributed by atoms with E-state index in [0.29, 0.717) is 17.8 Å². The Morgan fingerprint density at radius 1 is 1.38 bits per heavy atom. The highest BCUT2D eigenvalue weighted by atomic mass is 35.5. The highest BCUT2D eigenvalue weighted by molar-refractivity contribution is 6.31. The van der Waals surface area contributed by atoms with Gasteiger partial charge in [0.1, 0.15) is 5.69 Å². The van der Waals surface area contributed by atoms with Crippen LogP contribution in [-0.2, 0) is 0 Å². The second-order valence-corrected chi connectivity index (χ2v) is 5.61. The lowest BCUT2D eigenvalue weighted by atomic mass is 10.1. The van der Waals surface area contributed by atoms with Gasteiger partial charge in [-0.25, -0.2) is 8.78 Å². The summed E-state index contributed by atoms with van der Waals surface area (Å²) in [5.41, 5.74) is 0.140. The number of fused-ring (bicyclic) bond motifs is 1. The molecule has 1 aliphatic heterocycles. The van der Waals surface area contributed by atoms with E-state index in [1.54, 1.807) is 0 Å². The number of nitrogens with one attached hydrogen (secondary N) is 3. The fraction of sp³-hybridized carbons (Fsp3) is 0.357. The maximum Gasteiger partial charge on any atom is 0.267 e. The van der Waals surface area contributed by atoms with Crippen molar-refractivity contribution in [2.24, 2.45) is 5.92 Å².